The highest BCUT2D eigenvalue weighted by Crippen LogP contribution is 2.18. The average molecular weight is 367 g/mol. The smallest absolute Gasteiger partial charge is 0.337 e. The van der Waals surface area contributed by atoms with Gasteiger partial charge in [0.15, 0.2) is 11.3 Å². The van der Waals surface area contributed by atoms with Gasteiger partial charge in [-0.05, 0) is 31.5 Å². The quantitative estimate of drug-likeness (QED) is 0.682. The molecule has 0 fully saturated rings. The minimum absolute atomic E-state index is 0.0861. The first-order valence-corrected chi connectivity index (χ1v) is 8.08. The zero-order valence-electron chi connectivity index (χ0n) is 13.9. The summed E-state index contributed by atoms with van der Waals surface area (Å²) in [6.45, 7) is 2.61. The van der Waals surface area contributed by atoms with E-state index in [4.69, 9.17) is 16.7 Å². The van der Waals surface area contributed by atoms with Gasteiger partial charge in [-0.25, -0.2) is 9.48 Å². The van der Waals surface area contributed by atoms with E-state index in [9.17, 15) is 14.7 Å². The molecule has 0 bridgehead atoms. The molecule has 1 aromatic heterocycles. The summed E-state index contributed by atoms with van der Waals surface area (Å²) in [5.41, 5.74) is -0.732. The summed E-state index contributed by atoms with van der Waals surface area (Å²) in [5.74, 6) is -2.03. The lowest BCUT2D eigenvalue weighted by Crippen LogP contribution is -2.46. The molecule has 1 unspecified atom stereocenters. The normalized spacial score (nSPS) is 13.3. The highest BCUT2D eigenvalue weighted by molar-refractivity contribution is 6.30. The van der Waals surface area contributed by atoms with Crippen LogP contribution in [0, 0.1) is 0 Å². The standard InChI is InChI=1S/C16H19ClN4O4/c1-3-5-12-13(14(22)18-9-16(2,25)15(23)24)19-20-21(12)11-7-4-6-10(17)8-11/h4,6-8,25H,3,5,9H2,1-2H3,(H,18,22)(H,23,24). The predicted molar refractivity (Wildman–Crippen MR) is 91.0 cm³/mol. The van der Waals surface area contributed by atoms with Crippen LogP contribution in [0.25, 0.3) is 5.69 Å². The van der Waals surface area contributed by atoms with E-state index < -0.39 is 24.0 Å². The van der Waals surface area contributed by atoms with Gasteiger partial charge >= 0.3 is 5.97 Å². The highest BCUT2D eigenvalue weighted by atomic mass is 35.5. The van der Waals surface area contributed by atoms with Crippen LogP contribution < -0.4 is 5.32 Å². The van der Waals surface area contributed by atoms with Crippen LogP contribution in [0.4, 0.5) is 0 Å². The molecule has 1 aromatic carbocycles. The van der Waals surface area contributed by atoms with Crippen LogP contribution in [-0.2, 0) is 11.2 Å². The number of nitrogens with one attached hydrogen (secondary N) is 1. The Hall–Kier alpha value is -2.45. The van der Waals surface area contributed by atoms with Gasteiger partial charge in [0, 0.05) is 5.02 Å². The average Bonchev–Trinajstić information content (AvgIpc) is 2.97. The summed E-state index contributed by atoms with van der Waals surface area (Å²) < 4.78 is 1.53. The van der Waals surface area contributed by atoms with Gasteiger partial charge in [-0.15, -0.1) is 5.10 Å². The Bertz CT molecular complexity index is 788. The first-order chi connectivity index (χ1) is 11.8. The molecule has 1 heterocycles. The van der Waals surface area contributed by atoms with Gasteiger partial charge in [0.2, 0.25) is 0 Å². The van der Waals surface area contributed by atoms with Crippen molar-refractivity contribution in [3.63, 3.8) is 0 Å². The van der Waals surface area contributed by atoms with Crippen molar-refractivity contribution in [1.29, 1.82) is 0 Å². The van der Waals surface area contributed by atoms with Crippen molar-refractivity contribution in [3.8, 4) is 5.69 Å². The van der Waals surface area contributed by atoms with Crippen LogP contribution >= 0.6 is 11.6 Å². The van der Waals surface area contributed by atoms with Crippen molar-refractivity contribution < 1.29 is 19.8 Å². The number of aromatic nitrogens is 3. The fourth-order valence-corrected chi connectivity index (χ4v) is 2.35. The Labute approximate surface area is 149 Å². The fraction of sp³-hybridized carbons (Fsp3) is 0.375. The Kier molecular flexibility index (Phi) is 5.76. The largest absolute Gasteiger partial charge is 0.479 e. The third-order valence-corrected chi connectivity index (χ3v) is 3.81. The van der Waals surface area contributed by atoms with Crippen molar-refractivity contribution in [2.75, 3.05) is 6.54 Å². The van der Waals surface area contributed by atoms with E-state index in [0.717, 1.165) is 13.3 Å². The monoisotopic (exact) mass is 366 g/mol. The third-order valence-electron chi connectivity index (χ3n) is 3.57. The second-order valence-corrected chi connectivity index (χ2v) is 6.22. The zero-order valence-corrected chi connectivity index (χ0v) is 14.6. The zero-order chi connectivity index (χ0) is 18.6. The molecule has 0 aliphatic rings. The lowest BCUT2D eigenvalue weighted by molar-refractivity contribution is -0.155. The number of carbonyl (C=O) groups is 2. The van der Waals surface area contributed by atoms with E-state index in [2.05, 4.69) is 15.6 Å². The number of hydrogen-bond acceptors (Lipinski definition) is 5. The van der Waals surface area contributed by atoms with Crippen LogP contribution in [0.3, 0.4) is 0 Å². The number of aliphatic carboxylic acids is 1. The summed E-state index contributed by atoms with van der Waals surface area (Å²) in [6, 6.07) is 6.98. The molecule has 134 valence electrons. The van der Waals surface area contributed by atoms with E-state index in [-0.39, 0.29) is 5.69 Å². The van der Waals surface area contributed by atoms with Crippen LogP contribution in [-0.4, -0.2) is 49.2 Å². The van der Waals surface area contributed by atoms with Gasteiger partial charge in [-0.2, -0.15) is 0 Å². The molecule has 3 N–H and O–H groups in total. The second kappa shape index (κ2) is 7.62. The molecule has 0 saturated heterocycles. The Morgan fingerprint density at radius 2 is 2.12 bits per heavy atom. The lowest BCUT2D eigenvalue weighted by Gasteiger charge is -2.18. The number of carboxylic acid groups (broad SMARTS) is 1. The molecular weight excluding hydrogens is 348 g/mol. The molecule has 25 heavy (non-hydrogen) atoms. The van der Waals surface area contributed by atoms with E-state index in [1.165, 1.54) is 4.68 Å². The van der Waals surface area contributed by atoms with Crippen LogP contribution in [0.15, 0.2) is 24.3 Å². The first kappa shape index (κ1) is 18.9. The molecular formula is C16H19ClN4O4. The molecule has 0 saturated carbocycles. The summed E-state index contributed by atoms with van der Waals surface area (Å²) in [7, 11) is 0. The van der Waals surface area contributed by atoms with Gasteiger partial charge in [-0.1, -0.05) is 36.2 Å². The molecule has 9 heteroatoms. The number of carbonyl (C=O) groups excluding carboxylic acids is 1. The van der Waals surface area contributed by atoms with Crippen molar-refractivity contribution in [3.05, 3.63) is 40.7 Å². The number of benzene rings is 1. The van der Waals surface area contributed by atoms with E-state index >= 15 is 0 Å². The molecule has 0 aliphatic carbocycles. The van der Waals surface area contributed by atoms with Gasteiger partial charge < -0.3 is 15.5 Å². The highest BCUT2D eigenvalue weighted by Gasteiger charge is 2.31. The Balaban J connectivity index is 2.29. The summed E-state index contributed by atoms with van der Waals surface area (Å²) in [4.78, 5) is 23.3. The van der Waals surface area contributed by atoms with Gasteiger partial charge in [0.05, 0.1) is 17.9 Å². The minimum atomic E-state index is -2.07. The molecule has 0 spiro atoms. The van der Waals surface area contributed by atoms with Gasteiger partial charge in [0.25, 0.3) is 5.91 Å². The van der Waals surface area contributed by atoms with Crippen LogP contribution in [0.2, 0.25) is 5.02 Å². The maximum absolute atomic E-state index is 12.4. The lowest BCUT2D eigenvalue weighted by atomic mass is 10.1. The van der Waals surface area contributed by atoms with Gasteiger partial charge in [-0.3, -0.25) is 4.79 Å². The third kappa shape index (κ3) is 4.34. The maximum Gasteiger partial charge on any atom is 0.337 e. The molecule has 0 aliphatic heterocycles. The summed E-state index contributed by atoms with van der Waals surface area (Å²) in [6.07, 6.45) is 1.29. The molecule has 2 rings (SSSR count). The fourth-order valence-electron chi connectivity index (χ4n) is 2.17. The molecule has 2 aromatic rings. The number of nitrogens with zero attached hydrogens (tertiary/aromatic N) is 3. The number of aliphatic hydroxyl groups is 1. The van der Waals surface area contributed by atoms with Crippen molar-refractivity contribution >= 4 is 23.5 Å². The summed E-state index contributed by atoms with van der Waals surface area (Å²) >= 11 is 6.00. The van der Waals surface area contributed by atoms with E-state index in [1.54, 1.807) is 24.3 Å². The number of halogens is 1. The molecule has 1 atom stereocenters. The van der Waals surface area contributed by atoms with Crippen LogP contribution in [0.5, 0.6) is 0 Å². The minimum Gasteiger partial charge on any atom is -0.479 e. The number of rotatable bonds is 7. The number of hydrogen-bond donors (Lipinski definition) is 3. The number of amides is 1. The molecule has 0 radical (unpaired) electrons. The molecule has 8 nitrogen and oxygen atoms in total. The van der Waals surface area contributed by atoms with Crippen LogP contribution in [0.1, 0.15) is 36.5 Å². The van der Waals surface area contributed by atoms with Crippen molar-refractivity contribution in [1.82, 2.24) is 20.3 Å². The Morgan fingerprint density at radius 3 is 2.72 bits per heavy atom. The Morgan fingerprint density at radius 1 is 1.40 bits per heavy atom. The second-order valence-electron chi connectivity index (χ2n) is 5.79. The first-order valence-electron chi connectivity index (χ1n) is 7.70. The molecule has 1 amide bonds. The topological polar surface area (TPSA) is 117 Å². The summed E-state index contributed by atoms with van der Waals surface area (Å²) in [5, 5.41) is 29.4. The van der Waals surface area contributed by atoms with E-state index in [0.29, 0.717) is 22.8 Å². The number of carboxylic acids is 1. The van der Waals surface area contributed by atoms with Crippen molar-refractivity contribution in [2.24, 2.45) is 0 Å². The predicted octanol–water partition coefficient (Wildman–Crippen LogP) is 1.44. The maximum atomic E-state index is 12.4. The van der Waals surface area contributed by atoms with Crippen molar-refractivity contribution in [2.45, 2.75) is 32.3 Å². The van der Waals surface area contributed by atoms with E-state index in [1.807, 2.05) is 6.92 Å². The van der Waals surface area contributed by atoms with Gasteiger partial charge in [0.1, 0.15) is 0 Å². The SMILES string of the molecule is CCCc1c(C(=O)NCC(C)(O)C(=O)O)nnn1-c1cccc(Cl)c1.